The van der Waals surface area contributed by atoms with E-state index in [1.54, 1.807) is 11.0 Å². The zero-order chi connectivity index (χ0) is 23.9. The van der Waals surface area contributed by atoms with Crippen LogP contribution in [-0.2, 0) is 0 Å². The van der Waals surface area contributed by atoms with Crippen molar-refractivity contribution in [1.82, 2.24) is 15.0 Å². The summed E-state index contributed by atoms with van der Waals surface area (Å²) in [7, 11) is 0. The normalized spacial score (nSPS) is 24.8. The number of nitrogens with one attached hydrogen (secondary N) is 2. The van der Waals surface area contributed by atoms with Crippen LogP contribution in [0.4, 0.5) is 46.5 Å². The van der Waals surface area contributed by atoms with Crippen molar-refractivity contribution in [2.45, 2.75) is 57.0 Å². The van der Waals surface area contributed by atoms with E-state index in [-0.39, 0.29) is 30.4 Å². The molecule has 0 amide bonds. The quantitative estimate of drug-likeness (QED) is 0.489. The van der Waals surface area contributed by atoms with Crippen molar-refractivity contribution in [2.75, 3.05) is 33.5 Å². The lowest BCUT2D eigenvalue weighted by atomic mass is 10.1. The SMILES string of the molecule is CC(O)C1Nc2cnc(Nc3ccnc(N4CCC(O)C(F)C4)n3)cc2N1[C@@H](C)C(F)(F)F. The Morgan fingerprint density at radius 3 is 2.67 bits per heavy atom. The van der Waals surface area contributed by atoms with Crippen LogP contribution in [0.3, 0.4) is 0 Å². The summed E-state index contributed by atoms with van der Waals surface area (Å²) in [5.74, 6) is 0.824. The molecule has 1 fully saturated rings. The van der Waals surface area contributed by atoms with E-state index >= 15 is 0 Å². The number of rotatable bonds is 5. The number of nitrogens with zero attached hydrogens (tertiary/aromatic N) is 5. The number of fused-ring (bicyclic) bond motifs is 1. The molecule has 4 heterocycles. The molecular weight excluding hydrogens is 446 g/mol. The molecule has 13 heteroatoms. The van der Waals surface area contributed by atoms with Gasteiger partial charge in [0.05, 0.1) is 36.3 Å². The average molecular weight is 471 g/mol. The van der Waals surface area contributed by atoms with Gasteiger partial charge in [0.1, 0.15) is 30.0 Å². The fourth-order valence-corrected chi connectivity index (χ4v) is 3.95. The Labute approximate surface area is 187 Å². The van der Waals surface area contributed by atoms with Gasteiger partial charge in [-0.2, -0.15) is 18.2 Å². The van der Waals surface area contributed by atoms with E-state index in [0.29, 0.717) is 18.1 Å². The Kier molecular flexibility index (Phi) is 6.18. The number of halogens is 4. The monoisotopic (exact) mass is 471 g/mol. The minimum absolute atomic E-state index is 0.0432. The first-order chi connectivity index (χ1) is 15.5. The van der Waals surface area contributed by atoms with Crippen molar-refractivity contribution in [2.24, 2.45) is 0 Å². The third kappa shape index (κ3) is 4.74. The molecule has 0 bridgehead atoms. The number of aliphatic hydroxyl groups is 2. The number of anilines is 5. The summed E-state index contributed by atoms with van der Waals surface area (Å²) in [4.78, 5) is 15.4. The van der Waals surface area contributed by atoms with Crippen molar-refractivity contribution in [3.05, 3.63) is 24.5 Å². The van der Waals surface area contributed by atoms with E-state index in [1.807, 2.05) is 0 Å². The van der Waals surface area contributed by atoms with Gasteiger partial charge >= 0.3 is 6.18 Å². The van der Waals surface area contributed by atoms with E-state index in [0.717, 1.165) is 11.8 Å². The first-order valence-electron chi connectivity index (χ1n) is 10.5. The van der Waals surface area contributed by atoms with Crippen LogP contribution in [0, 0.1) is 0 Å². The molecule has 0 spiro atoms. The van der Waals surface area contributed by atoms with Gasteiger partial charge in [-0.05, 0) is 26.3 Å². The van der Waals surface area contributed by atoms with Crippen molar-refractivity contribution in [1.29, 1.82) is 0 Å². The number of hydrogen-bond acceptors (Lipinski definition) is 9. The van der Waals surface area contributed by atoms with Crippen molar-refractivity contribution in [3.8, 4) is 0 Å². The number of pyridine rings is 1. The van der Waals surface area contributed by atoms with E-state index in [4.69, 9.17) is 0 Å². The fraction of sp³-hybridized carbons (Fsp3) is 0.550. The summed E-state index contributed by atoms with van der Waals surface area (Å²) in [5.41, 5.74) is 0.606. The van der Waals surface area contributed by atoms with Gasteiger partial charge < -0.3 is 30.6 Å². The van der Waals surface area contributed by atoms with Crippen LogP contribution in [0.25, 0.3) is 0 Å². The summed E-state index contributed by atoms with van der Waals surface area (Å²) >= 11 is 0. The molecule has 1 saturated heterocycles. The van der Waals surface area contributed by atoms with Crippen LogP contribution in [0.1, 0.15) is 20.3 Å². The van der Waals surface area contributed by atoms with E-state index in [2.05, 4.69) is 25.6 Å². The number of alkyl halides is 4. The first-order valence-corrected chi connectivity index (χ1v) is 10.5. The molecule has 0 saturated carbocycles. The lowest BCUT2D eigenvalue weighted by Crippen LogP contribution is -2.53. The average Bonchev–Trinajstić information content (AvgIpc) is 3.13. The Balaban J connectivity index is 1.57. The molecular formula is C20H25F4N7O2. The third-order valence-corrected chi connectivity index (χ3v) is 5.80. The van der Waals surface area contributed by atoms with Crippen LogP contribution in [0.5, 0.6) is 0 Å². The lowest BCUT2D eigenvalue weighted by molar-refractivity contribution is -0.146. The summed E-state index contributed by atoms with van der Waals surface area (Å²) in [6.45, 7) is 2.79. The smallest absolute Gasteiger partial charge is 0.390 e. The molecule has 33 heavy (non-hydrogen) atoms. The van der Waals surface area contributed by atoms with Gasteiger partial charge in [0.15, 0.2) is 0 Å². The van der Waals surface area contributed by atoms with Gasteiger partial charge in [-0.15, -0.1) is 0 Å². The summed E-state index contributed by atoms with van der Waals surface area (Å²) in [6, 6.07) is 1.15. The van der Waals surface area contributed by atoms with Crippen LogP contribution in [0.2, 0.25) is 0 Å². The third-order valence-electron chi connectivity index (χ3n) is 5.80. The van der Waals surface area contributed by atoms with Crippen LogP contribution in [0.15, 0.2) is 24.5 Å². The molecule has 2 aliphatic heterocycles. The summed E-state index contributed by atoms with van der Waals surface area (Å²) in [6.07, 6.45) is -5.87. The highest BCUT2D eigenvalue weighted by molar-refractivity contribution is 5.79. The zero-order valence-electron chi connectivity index (χ0n) is 18.0. The van der Waals surface area contributed by atoms with Gasteiger partial charge in [0.2, 0.25) is 5.95 Å². The van der Waals surface area contributed by atoms with Crippen LogP contribution in [-0.4, -0.2) is 75.0 Å². The minimum Gasteiger partial charge on any atom is -0.390 e. The highest BCUT2D eigenvalue weighted by atomic mass is 19.4. The lowest BCUT2D eigenvalue weighted by Gasteiger charge is -2.35. The molecule has 9 nitrogen and oxygen atoms in total. The number of piperidine rings is 1. The maximum atomic E-state index is 13.9. The molecule has 4 unspecified atom stereocenters. The number of hydrogen-bond donors (Lipinski definition) is 4. The fourth-order valence-electron chi connectivity index (χ4n) is 3.95. The molecule has 2 aromatic heterocycles. The molecule has 4 N–H and O–H groups in total. The van der Waals surface area contributed by atoms with Crippen LogP contribution >= 0.6 is 0 Å². The summed E-state index contributed by atoms with van der Waals surface area (Å²) in [5, 5.41) is 25.4. The molecule has 2 aromatic rings. The first kappa shape index (κ1) is 23.2. The van der Waals surface area contributed by atoms with Crippen molar-refractivity contribution < 1.29 is 27.8 Å². The predicted octanol–water partition coefficient (Wildman–Crippen LogP) is 2.41. The van der Waals surface area contributed by atoms with E-state index in [9.17, 15) is 27.8 Å². The van der Waals surface area contributed by atoms with Gasteiger partial charge in [0, 0.05) is 18.8 Å². The van der Waals surface area contributed by atoms with Gasteiger partial charge in [0.25, 0.3) is 0 Å². The highest BCUT2D eigenvalue weighted by Gasteiger charge is 2.47. The standard InChI is InChI=1S/C20H25F4N7O2/c1-10(32)18-27-13-8-26-17(7-14(13)31(18)11(2)20(22,23)24)28-16-3-5-25-19(29-16)30-6-4-15(33)12(21)9-30/h3,5,7-8,10-12,15,18,27,32-33H,4,6,9H2,1-2H3,(H,25,26,28,29)/t10?,11-,12?,15?,18?/m0/s1. The molecule has 5 atom stereocenters. The molecule has 0 radical (unpaired) electrons. The number of aliphatic hydroxyl groups excluding tert-OH is 2. The molecule has 0 aliphatic carbocycles. The second-order valence-corrected chi connectivity index (χ2v) is 8.23. The molecule has 2 aliphatic rings. The second kappa shape index (κ2) is 8.78. The maximum absolute atomic E-state index is 13.9. The largest absolute Gasteiger partial charge is 0.408 e. The van der Waals surface area contributed by atoms with E-state index in [1.165, 1.54) is 25.4 Å². The molecule has 0 aromatic carbocycles. The zero-order valence-corrected chi connectivity index (χ0v) is 18.0. The summed E-state index contributed by atoms with van der Waals surface area (Å²) < 4.78 is 54.4. The Hall–Kier alpha value is -2.93. The molecule has 180 valence electrons. The van der Waals surface area contributed by atoms with Crippen LogP contribution < -0.4 is 20.4 Å². The molecule has 4 rings (SSSR count). The topological polar surface area (TPSA) is 110 Å². The van der Waals surface area contributed by atoms with Gasteiger partial charge in [-0.3, -0.25) is 0 Å². The minimum atomic E-state index is -4.51. The second-order valence-electron chi connectivity index (χ2n) is 8.23. The highest BCUT2D eigenvalue weighted by Crippen LogP contribution is 2.41. The maximum Gasteiger partial charge on any atom is 0.408 e. The van der Waals surface area contributed by atoms with Crippen molar-refractivity contribution in [3.63, 3.8) is 0 Å². The van der Waals surface area contributed by atoms with E-state index < -0.39 is 36.8 Å². The van der Waals surface area contributed by atoms with Gasteiger partial charge in [-0.25, -0.2) is 14.4 Å². The Morgan fingerprint density at radius 2 is 2.00 bits per heavy atom. The van der Waals surface area contributed by atoms with Crippen molar-refractivity contribution >= 4 is 29.0 Å². The number of aromatic nitrogens is 3. The Bertz CT molecular complexity index is 991. The Morgan fingerprint density at radius 1 is 1.24 bits per heavy atom. The predicted molar refractivity (Wildman–Crippen MR) is 114 cm³/mol. The van der Waals surface area contributed by atoms with Gasteiger partial charge in [-0.1, -0.05) is 0 Å².